The Morgan fingerprint density at radius 3 is 2.17 bits per heavy atom. The minimum atomic E-state index is -4.77. The number of nitriles is 1. The number of benzene rings is 1. The van der Waals surface area contributed by atoms with E-state index in [1.54, 1.807) is 34.9 Å². The highest BCUT2D eigenvalue weighted by atomic mass is 31.2. The Kier molecular flexibility index (Phi) is 17.2. The van der Waals surface area contributed by atoms with Crippen molar-refractivity contribution in [1.29, 1.82) is 5.26 Å². The number of aromatic nitrogens is 8. The number of H-pyrrole nitrogens is 1. The monoisotopic (exact) mass is 1110 g/mol. The van der Waals surface area contributed by atoms with Gasteiger partial charge in [0.05, 0.1) is 50.8 Å². The number of rotatable bonds is 20. The van der Waals surface area contributed by atoms with Crippen LogP contribution >= 0.6 is 15.9 Å². The molecule has 7 heterocycles. The van der Waals surface area contributed by atoms with E-state index < -0.39 is 117 Å². The number of ether oxygens (including phenoxy) is 4. The van der Waals surface area contributed by atoms with Gasteiger partial charge in [-0.3, -0.25) is 23.3 Å². The number of nitrogens with zero attached hydrogens (tertiary/aromatic N) is 8. The van der Waals surface area contributed by atoms with E-state index in [9.17, 15) is 24.3 Å². The molecule has 1 amide bonds. The molecule has 4 aromatic heterocycles. The van der Waals surface area contributed by atoms with Crippen molar-refractivity contribution in [3.63, 3.8) is 0 Å². The van der Waals surface area contributed by atoms with E-state index in [1.807, 2.05) is 33.9 Å². The molecule has 7 unspecified atom stereocenters. The molecule has 11 atom stereocenters. The van der Waals surface area contributed by atoms with Crippen molar-refractivity contribution < 1.29 is 60.2 Å². The molecule has 0 spiro atoms. The van der Waals surface area contributed by atoms with Crippen LogP contribution in [0.2, 0.25) is 36.3 Å². The molecule has 0 radical (unpaired) electrons. The molecular weight excluding hydrogens is 1050 g/mol. The fraction of sp³-hybridized carbons (Fsp3) is 0.617. The molecule has 5 aromatic rings. The van der Waals surface area contributed by atoms with Gasteiger partial charge in [-0.2, -0.15) is 5.26 Å². The standard InChI is InChI=1S/C47H66N10O14P2Si2/c1-46(2,3)74(7,8)70-35-31(67-44(37(35)69-32-19-14-15-21-63-32)56-28-54-34-41(56)51-26-52-43(34)59)24-66-73(62,65-22-16-20-48)38-36(71-75(9,10)47(4,5)6)30(23-64-72(60)61)68-45(38)57-27-53-33-39(49-25-50-40(33)57)55-42(58)29-17-12-11-13-18-29/h11-13,17-18,25-28,30-32,35-38,44-45H,14-16,19,21-24H2,1-10H3,(H2-,49,50,51,52,55,58,59,60,61)/p+1/t30?,31?,32?,35-,36-,37-,38-,44?,45?,73?/m1/s1. The molecule has 24 nitrogen and oxygen atoms in total. The van der Waals surface area contributed by atoms with Gasteiger partial charge in [-0.05, 0) is 67.7 Å². The number of amides is 1. The minimum Gasteiger partial charge on any atom is -0.410 e. The first kappa shape index (κ1) is 56.6. The van der Waals surface area contributed by atoms with Gasteiger partial charge in [0.15, 0.2) is 63.5 Å². The summed E-state index contributed by atoms with van der Waals surface area (Å²) in [6, 6.07) is 10.6. The summed E-state index contributed by atoms with van der Waals surface area (Å²) in [7, 11) is -13.6. The van der Waals surface area contributed by atoms with Gasteiger partial charge >= 0.3 is 15.9 Å². The highest BCUT2D eigenvalue weighted by Gasteiger charge is 2.61. The maximum absolute atomic E-state index is 16.6. The van der Waals surface area contributed by atoms with E-state index in [1.165, 1.54) is 29.9 Å². The molecule has 0 bridgehead atoms. The predicted octanol–water partition coefficient (Wildman–Crippen LogP) is 7.87. The van der Waals surface area contributed by atoms with Gasteiger partial charge in [0.1, 0.15) is 43.0 Å². The number of imidazole rings is 2. The molecule has 3 N–H and O–H groups in total. The van der Waals surface area contributed by atoms with E-state index in [0.29, 0.717) is 18.6 Å². The molecule has 0 saturated carbocycles. The number of anilines is 1. The summed E-state index contributed by atoms with van der Waals surface area (Å²) in [5.74, 6) is -0.390. The Morgan fingerprint density at radius 1 is 0.880 bits per heavy atom. The lowest BCUT2D eigenvalue weighted by atomic mass is 10.1. The summed E-state index contributed by atoms with van der Waals surface area (Å²) in [6.45, 7) is 19.6. The zero-order chi connectivity index (χ0) is 54.1. The molecule has 3 aliphatic rings. The van der Waals surface area contributed by atoms with Crippen molar-refractivity contribution >= 4 is 66.5 Å². The second-order valence-corrected chi connectivity index (χ2v) is 34.2. The Hall–Kier alpha value is -4.56. The fourth-order valence-electron chi connectivity index (χ4n) is 8.64. The van der Waals surface area contributed by atoms with Gasteiger partial charge in [0, 0.05) is 16.7 Å². The Balaban J connectivity index is 1.25. The summed E-state index contributed by atoms with van der Waals surface area (Å²) >= 11 is 0. The van der Waals surface area contributed by atoms with Crippen molar-refractivity contribution in [3.05, 3.63) is 71.6 Å². The van der Waals surface area contributed by atoms with Crippen molar-refractivity contribution in [2.24, 2.45) is 0 Å². The fourth-order valence-corrected chi connectivity index (χ4v) is 13.9. The number of hydrogen-bond acceptors (Lipinski definition) is 19. The average molecular weight is 1110 g/mol. The third-order valence-electron chi connectivity index (χ3n) is 14.7. The van der Waals surface area contributed by atoms with Crippen LogP contribution < -0.4 is 10.9 Å². The quantitative estimate of drug-likeness (QED) is 0.0379. The van der Waals surface area contributed by atoms with Crippen LogP contribution in [0.15, 0.2) is 60.4 Å². The molecule has 3 fully saturated rings. The maximum Gasteiger partial charge on any atom is 0.694 e. The number of carbonyl (C=O) groups is 1. The first-order valence-corrected chi connectivity index (χ1v) is 33.4. The summed E-state index contributed by atoms with van der Waals surface area (Å²) in [4.78, 5) is 61.3. The van der Waals surface area contributed by atoms with Crippen LogP contribution in [0.1, 0.15) is 90.0 Å². The van der Waals surface area contributed by atoms with E-state index in [-0.39, 0.29) is 46.2 Å². The molecule has 3 aliphatic heterocycles. The van der Waals surface area contributed by atoms with Crippen LogP contribution in [-0.2, 0) is 50.5 Å². The minimum absolute atomic E-state index is 0.0676. The highest BCUT2D eigenvalue weighted by Crippen LogP contribution is 2.63. The second-order valence-electron chi connectivity index (χ2n) is 21.7. The molecular formula is C47H67N10O14P2Si2+. The van der Waals surface area contributed by atoms with Crippen molar-refractivity contribution in [3.8, 4) is 6.07 Å². The first-order chi connectivity index (χ1) is 35.4. The van der Waals surface area contributed by atoms with Gasteiger partial charge in [-0.1, -0.05) is 59.7 Å². The molecule has 75 heavy (non-hydrogen) atoms. The van der Waals surface area contributed by atoms with E-state index >= 15 is 4.57 Å². The molecule has 406 valence electrons. The molecule has 3 saturated heterocycles. The normalized spacial score (nSPS) is 25.8. The zero-order valence-corrected chi connectivity index (χ0v) is 47.6. The second kappa shape index (κ2) is 22.8. The number of fused-ring (bicyclic) bond motifs is 2. The number of aromatic amines is 1. The lowest BCUT2D eigenvalue weighted by molar-refractivity contribution is -0.214. The molecule has 1 aromatic carbocycles. The van der Waals surface area contributed by atoms with Gasteiger partial charge < -0.3 is 47.1 Å². The van der Waals surface area contributed by atoms with E-state index in [4.69, 9.17) is 41.4 Å². The van der Waals surface area contributed by atoms with Crippen molar-refractivity contribution in [2.45, 2.75) is 158 Å². The van der Waals surface area contributed by atoms with Gasteiger partial charge in [0.2, 0.25) is 0 Å². The van der Waals surface area contributed by atoms with E-state index in [2.05, 4.69) is 75.2 Å². The van der Waals surface area contributed by atoms with Crippen LogP contribution in [0.3, 0.4) is 0 Å². The first-order valence-electron chi connectivity index (χ1n) is 24.9. The van der Waals surface area contributed by atoms with Gasteiger partial charge in [0.25, 0.3) is 11.5 Å². The Bertz CT molecular complexity index is 2970. The van der Waals surface area contributed by atoms with Crippen molar-refractivity contribution in [2.75, 3.05) is 31.7 Å². The Labute approximate surface area is 437 Å². The van der Waals surface area contributed by atoms with Gasteiger partial charge in [-0.15, -0.1) is 9.42 Å². The maximum atomic E-state index is 16.6. The molecule has 28 heteroatoms. The summed E-state index contributed by atoms with van der Waals surface area (Å²) in [5, 5.41) is 11.9. The van der Waals surface area contributed by atoms with Gasteiger partial charge in [-0.25, -0.2) is 24.9 Å². The number of hydrogen-bond donors (Lipinski definition) is 3. The Morgan fingerprint density at radius 2 is 1.52 bits per heavy atom. The average Bonchev–Trinajstić information content (AvgIpc) is 4.14. The predicted molar refractivity (Wildman–Crippen MR) is 278 cm³/mol. The highest BCUT2D eigenvalue weighted by molar-refractivity contribution is 7.54. The van der Waals surface area contributed by atoms with Crippen molar-refractivity contribution in [1.82, 2.24) is 39.0 Å². The molecule has 0 aliphatic carbocycles. The summed E-state index contributed by atoms with van der Waals surface area (Å²) in [6.07, 6.45) is -0.980. The zero-order valence-electron chi connectivity index (χ0n) is 43.8. The number of carbonyl (C=O) groups excluding carboxylic acids is 1. The van der Waals surface area contributed by atoms with Crippen LogP contribution in [-0.4, -0.2) is 135 Å². The smallest absolute Gasteiger partial charge is 0.410 e. The largest absolute Gasteiger partial charge is 0.694 e. The third kappa shape index (κ3) is 12.3. The number of nitrogens with one attached hydrogen (secondary N) is 2. The van der Waals surface area contributed by atoms with Crippen LogP contribution in [0.25, 0.3) is 22.3 Å². The van der Waals surface area contributed by atoms with Crippen LogP contribution in [0, 0.1) is 11.3 Å². The summed E-state index contributed by atoms with van der Waals surface area (Å²) in [5.41, 5.74) is -0.950. The third-order valence-corrected chi connectivity index (χ3v) is 26.3. The molecule has 8 rings (SSSR count). The van der Waals surface area contributed by atoms with E-state index in [0.717, 1.165) is 12.8 Å². The summed E-state index contributed by atoms with van der Waals surface area (Å²) < 4.78 is 91.6. The van der Waals surface area contributed by atoms with Crippen LogP contribution in [0.4, 0.5) is 5.82 Å². The van der Waals surface area contributed by atoms with Crippen LogP contribution in [0.5, 0.6) is 0 Å². The SMILES string of the molecule is CC(C)(C)[Si](C)(C)O[C@@H]1C(COP(=O)(OCCC#N)[C@H]2C(n3cnc4c(NC(=O)c5ccccc5)ncnc43)OC(CO[P+](=O)O)[C@H]2O[Si](C)(C)C(C)(C)C)OC(n2cnc3c(=O)[nH]cnc32)[C@@H]1OC1CCCCO1. The lowest BCUT2D eigenvalue weighted by Crippen LogP contribution is -2.51. The topological polar surface area (TPSA) is 298 Å². The lowest BCUT2D eigenvalue weighted by Gasteiger charge is -2.42.